The number of benzene rings is 1. The molecule has 1 aliphatic carbocycles. The maximum absolute atomic E-state index is 12.8. The monoisotopic (exact) mass is 410 g/mol. The molecular weight excluding hydrogens is 386 g/mol. The SMILES string of the molecule is N#Cc1c(NC(=O)C[NH+]2CCC[C@H]2c2ccc3c(c2)OCCO3)sc2c1CCC2. The number of ether oxygens (including phenoxy) is 2. The van der Waals surface area contributed by atoms with Gasteiger partial charge < -0.3 is 19.7 Å². The number of hydrogen-bond acceptors (Lipinski definition) is 5. The van der Waals surface area contributed by atoms with Crippen LogP contribution >= 0.6 is 11.3 Å². The molecule has 3 heterocycles. The number of carbonyl (C=O) groups is 1. The summed E-state index contributed by atoms with van der Waals surface area (Å²) in [6, 6.07) is 8.72. The van der Waals surface area contributed by atoms with E-state index >= 15 is 0 Å². The van der Waals surface area contributed by atoms with Crippen LogP contribution in [-0.4, -0.2) is 32.2 Å². The van der Waals surface area contributed by atoms with E-state index in [0.717, 1.165) is 60.7 Å². The Labute approximate surface area is 174 Å². The van der Waals surface area contributed by atoms with Gasteiger partial charge in [-0.1, -0.05) is 0 Å². The smallest absolute Gasteiger partial charge is 0.280 e. The van der Waals surface area contributed by atoms with Crippen molar-refractivity contribution in [2.45, 2.75) is 38.1 Å². The second kappa shape index (κ2) is 7.69. The lowest BCUT2D eigenvalue weighted by Gasteiger charge is -2.24. The number of hydrogen-bond donors (Lipinski definition) is 2. The van der Waals surface area contributed by atoms with Gasteiger partial charge in [0.2, 0.25) is 0 Å². The van der Waals surface area contributed by atoms with Gasteiger partial charge in [0.25, 0.3) is 5.91 Å². The number of nitrogens with one attached hydrogen (secondary N) is 2. The molecular formula is C22H24N3O3S+. The van der Waals surface area contributed by atoms with E-state index in [9.17, 15) is 10.1 Å². The number of carbonyl (C=O) groups excluding carboxylic acids is 1. The van der Waals surface area contributed by atoms with E-state index < -0.39 is 0 Å². The van der Waals surface area contributed by atoms with Gasteiger partial charge in [0.1, 0.15) is 30.3 Å². The Morgan fingerprint density at radius 3 is 2.97 bits per heavy atom. The Kier molecular flexibility index (Phi) is 4.90. The van der Waals surface area contributed by atoms with Gasteiger partial charge in [0.05, 0.1) is 12.1 Å². The maximum atomic E-state index is 12.8. The highest BCUT2D eigenvalue weighted by molar-refractivity contribution is 7.16. The van der Waals surface area contributed by atoms with Gasteiger partial charge in [-0.2, -0.15) is 5.26 Å². The van der Waals surface area contributed by atoms with Gasteiger partial charge in [-0.05, 0) is 43.0 Å². The van der Waals surface area contributed by atoms with Crippen LogP contribution in [0.25, 0.3) is 0 Å². The van der Waals surface area contributed by atoms with Crippen LogP contribution in [0.15, 0.2) is 18.2 Å². The molecule has 1 aromatic heterocycles. The third-order valence-electron chi connectivity index (χ3n) is 6.13. The van der Waals surface area contributed by atoms with Gasteiger partial charge in [-0.25, -0.2) is 0 Å². The van der Waals surface area contributed by atoms with Gasteiger partial charge in [0, 0.05) is 23.3 Å². The summed E-state index contributed by atoms with van der Waals surface area (Å²) < 4.78 is 11.4. The van der Waals surface area contributed by atoms with Crippen LogP contribution in [0.5, 0.6) is 11.5 Å². The molecule has 29 heavy (non-hydrogen) atoms. The average Bonchev–Trinajstić information content (AvgIpc) is 3.44. The highest BCUT2D eigenvalue weighted by atomic mass is 32.1. The number of rotatable bonds is 4. The number of amides is 1. The molecule has 6 nitrogen and oxygen atoms in total. The van der Waals surface area contributed by atoms with Crippen molar-refractivity contribution in [3.63, 3.8) is 0 Å². The van der Waals surface area contributed by atoms with Gasteiger partial charge in [0.15, 0.2) is 18.0 Å². The summed E-state index contributed by atoms with van der Waals surface area (Å²) in [7, 11) is 0. The van der Waals surface area contributed by atoms with Crippen LogP contribution in [0.1, 0.15) is 46.9 Å². The lowest BCUT2D eigenvalue weighted by molar-refractivity contribution is -0.910. The predicted molar refractivity (Wildman–Crippen MR) is 110 cm³/mol. The standard InChI is InChI=1S/C22H23N3O3S/c23-12-16-15-3-1-5-20(15)29-22(16)24-21(26)13-25-8-2-4-17(25)14-6-7-18-19(11-14)28-10-9-27-18/h6-7,11,17H,1-5,8-10,13H2,(H,24,26)/p+1/t17-/m0/s1. The summed E-state index contributed by atoms with van der Waals surface area (Å²) in [6.45, 7) is 2.54. The van der Waals surface area contributed by atoms with Crippen LogP contribution in [0, 0.1) is 11.3 Å². The third kappa shape index (κ3) is 3.47. The molecule has 1 aromatic carbocycles. The normalized spacial score (nSPS) is 22.2. The second-order valence-corrected chi connectivity index (χ2v) is 9.01. The van der Waals surface area contributed by atoms with Crippen molar-refractivity contribution in [2.75, 3.05) is 31.6 Å². The van der Waals surface area contributed by atoms with Crippen molar-refractivity contribution >= 4 is 22.2 Å². The minimum atomic E-state index is -0.0131. The summed E-state index contributed by atoms with van der Waals surface area (Å²) in [4.78, 5) is 15.3. The summed E-state index contributed by atoms with van der Waals surface area (Å²) in [6.07, 6.45) is 5.24. The van der Waals surface area contributed by atoms with E-state index in [1.165, 1.54) is 15.3 Å². The summed E-state index contributed by atoms with van der Waals surface area (Å²) in [5.41, 5.74) is 3.02. The molecule has 0 spiro atoms. The first-order valence-electron chi connectivity index (χ1n) is 10.3. The first-order chi connectivity index (χ1) is 14.2. The number of nitriles is 1. The molecule has 0 bridgehead atoms. The first kappa shape index (κ1) is 18.5. The van der Waals surface area contributed by atoms with E-state index in [4.69, 9.17) is 9.47 Å². The van der Waals surface area contributed by atoms with E-state index in [-0.39, 0.29) is 11.9 Å². The molecule has 1 saturated heterocycles. The fourth-order valence-corrected chi connectivity index (χ4v) is 6.05. The Morgan fingerprint density at radius 1 is 1.24 bits per heavy atom. The van der Waals surface area contributed by atoms with E-state index in [1.807, 2.05) is 6.07 Å². The number of likely N-dealkylation sites (tertiary alicyclic amines) is 1. The number of nitrogens with zero attached hydrogens (tertiary/aromatic N) is 1. The van der Waals surface area contributed by atoms with Gasteiger partial charge in [-0.3, -0.25) is 4.79 Å². The van der Waals surface area contributed by atoms with Crippen LogP contribution in [0.4, 0.5) is 5.00 Å². The lowest BCUT2D eigenvalue weighted by atomic mass is 10.0. The van der Waals surface area contributed by atoms with Gasteiger partial charge >= 0.3 is 0 Å². The largest absolute Gasteiger partial charge is 0.486 e. The van der Waals surface area contributed by atoms with E-state index in [1.54, 1.807) is 11.3 Å². The molecule has 0 radical (unpaired) electrons. The highest BCUT2D eigenvalue weighted by Crippen LogP contribution is 2.38. The Morgan fingerprint density at radius 2 is 2.10 bits per heavy atom. The first-order valence-corrected chi connectivity index (χ1v) is 11.1. The number of fused-ring (bicyclic) bond motifs is 2. The Balaban J connectivity index is 1.29. The minimum absolute atomic E-state index is 0.0131. The number of anilines is 1. The van der Waals surface area contributed by atoms with Crippen molar-refractivity contribution in [2.24, 2.45) is 0 Å². The highest BCUT2D eigenvalue weighted by Gasteiger charge is 2.33. The molecule has 0 saturated carbocycles. The molecule has 5 rings (SSSR count). The topological polar surface area (TPSA) is 75.8 Å². The summed E-state index contributed by atoms with van der Waals surface area (Å²) >= 11 is 1.58. The summed E-state index contributed by atoms with van der Waals surface area (Å²) in [5.74, 6) is 1.59. The number of aryl methyl sites for hydroxylation is 1. The molecule has 1 amide bonds. The molecule has 2 N–H and O–H groups in total. The number of thiophene rings is 1. The second-order valence-electron chi connectivity index (χ2n) is 7.90. The molecule has 3 aliphatic rings. The van der Waals surface area contributed by atoms with Crippen molar-refractivity contribution < 1.29 is 19.2 Å². The maximum Gasteiger partial charge on any atom is 0.280 e. The molecule has 150 valence electrons. The zero-order valence-corrected chi connectivity index (χ0v) is 17.1. The van der Waals surface area contributed by atoms with E-state index in [2.05, 4.69) is 23.5 Å². The predicted octanol–water partition coefficient (Wildman–Crippen LogP) is 2.24. The Hall–Kier alpha value is -2.56. The molecule has 2 aliphatic heterocycles. The van der Waals surface area contributed by atoms with Crippen LogP contribution in [0.3, 0.4) is 0 Å². The zero-order chi connectivity index (χ0) is 19.8. The average molecular weight is 411 g/mol. The zero-order valence-electron chi connectivity index (χ0n) is 16.3. The van der Waals surface area contributed by atoms with E-state index in [0.29, 0.717) is 25.3 Å². The molecule has 1 unspecified atom stereocenters. The molecule has 2 atom stereocenters. The fourth-order valence-electron chi connectivity index (χ4n) is 4.79. The van der Waals surface area contributed by atoms with Crippen molar-refractivity contribution in [3.05, 3.63) is 39.8 Å². The quantitative estimate of drug-likeness (QED) is 0.811. The third-order valence-corrected chi connectivity index (χ3v) is 7.33. The Bertz CT molecular complexity index is 994. The summed E-state index contributed by atoms with van der Waals surface area (Å²) in [5, 5.41) is 13.3. The minimum Gasteiger partial charge on any atom is -0.486 e. The van der Waals surface area contributed by atoms with Crippen LogP contribution in [-0.2, 0) is 17.6 Å². The fraction of sp³-hybridized carbons (Fsp3) is 0.455. The van der Waals surface area contributed by atoms with Crippen molar-refractivity contribution in [3.8, 4) is 17.6 Å². The number of quaternary nitrogens is 1. The van der Waals surface area contributed by atoms with Crippen molar-refractivity contribution in [1.82, 2.24) is 0 Å². The molecule has 2 aromatic rings. The molecule has 7 heteroatoms. The van der Waals surface area contributed by atoms with Crippen LogP contribution < -0.4 is 19.7 Å². The van der Waals surface area contributed by atoms with Crippen molar-refractivity contribution in [1.29, 1.82) is 5.26 Å². The van der Waals surface area contributed by atoms with Crippen LogP contribution in [0.2, 0.25) is 0 Å². The molecule has 1 fully saturated rings. The van der Waals surface area contributed by atoms with Gasteiger partial charge in [-0.15, -0.1) is 11.3 Å². The lowest BCUT2D eigenvalue weighted by Crippen LogP contribution is -3.11.